The van der Waals surface area contributed by atoms with Crippen LogP contribution in [0.5, 0.6) is 0 Å². The first-order valence-corrected chi connectivity index (χ1v) is 7.96. The summed E-state index contributed by atoms with van der Waals surface area (Å²) in [5, 5.41) is 0. The van der Waals surface area contributed by atoms with E-state index < -0.39 is 0 Å². The molecule has 23 heavy (non-hydrogen) atoms. The van der Waals surface area contributed by atoms with Crippen LogP contribution >= 0.6 is 0 Å². The van der Waals surface area contributed by atoms with Gasteiger partial charge in [-0.2, -0.15) is 0 Å². The third-order valence-electron chi connectivity index (χ3n) is 3.98. The minimum Gasteiger partial charge on any atom is -0.450 e. The number of piperazine rings is 1. The average molecular weight is 311 g/mol. The van der Waals surface area contributed by atoms with Crippen LogP contribution in [0.1, 0.15) is 6.92 Å². The van der Waals surface area contributed by atoms with Gasteiger partial charge in [0.1, 0.15) is 5.82 Å². The molecule has 1 fully saturated rings. The van der Waals surface area contributed by atoms with Gasteiger partial charge in [0.15, 0.2) is 0 Å². The summed E-state index contributed by atoms with van der Waals surface area (Å²) in [6.45, 7) is 5.13. The van der Waals surface area contributed by atoms with Gasteiger partial charge in [0, 0.05) is 37.9 Å². The Bertz CT molecular complexity index is 635. The van der Waals surface area contributed by atoms with Gasteiger partial charge in [0.2, 0.25) is 0 Å². The van der Waals surface area contributed by atoms with E-state index in [9.17, 15) is 4.79 Å². The van der Waals surface area contributed by atoms with E-state index in [0.717, 1.165) is 24.5 Å². The van der Waals surface area contributed by atoms with Gasteiger partial charge in [-0.3, -0.25) is 0 Å². The molecule has 1 aliphatic heterocycles. The van der Waals surface area contributed by atoms with Crippen LogP contribution in [0.3, 0.4) is 0 Å². The largest absolute Gasteiger partial charge is 0.450 e. The molecular weight excluding hydrogens is 290 g/mol. The van der Waals surface area contributed by atoms with Crippen molar-refractivity contribution in [1.29, 1.82) is 0 Å². The van der Waals surface area contributed by atoms with Gasteiger partial charge < -0.3 is 14.5 Å². The van der Waals surface area contributed by atoms with Crippen LogP contribution in [0.25, 0.3) is 11.1 Å². The van der Waals surface area contributed by atoms with E-state index in [1.54, 1.807) is 4.90 Å². The number of hydrogen-bond acceptors (Lipinski definition) is 4. The second-order valence-electron chi connectivity index (χ2n) is 5.44. The van der Waals surface area contributed by atoms with Gasteiger partial charge in [-0.25, -0.2) is 9.78 Å². The van der Waals surface area contributed by atoms with Crippen LogP contribution in [0.2, 0.25) is 0 Å². The summed E-state index contributed by atoms with van der Waals surface area (Å²) in [6.07, 6.45) is 1.68. The molecule has 5 heteroatoms. The number of benzene rings is 1. The quantitative estimate of drug-likeness (QED) is 0.874. The molecule has 1 aromatic heterocycles. The predicted molar refractivity (Wildman–Crippen MR) is 90.5 cm³/mol. The highest BCUT2D eigenvalue weighted by Gasteiger charge is 2.22. The second kappa shape index (κ2) is 7.13. The monoisotopic (exact) mass is 311 g/mol. The fourth-order valence-electron chi connectivity index (χ4n) is 2.71. The number of rotatable bonds is 3. The number of carbonyl (C=O) groups excluding carboxylic acids is 1. The van der Waals surface area contributed by atoms with Gasteiger partial charge in [0.25, 0.3) is 0 Å². The standard InChI is InChI=1S/C18H21N3O2/c1-2-23-18(22)21-12-10-20(11-13-21)17-9-8-16(14-19-17)15-6-4-3-5-7-15/h3-9,14H,2,10-13H2,1H3. The molecule has 120 valence electrons. The zero-order chi connectivity index (χ0) is 16.1. The van der Waals surface area contributed by atoms with Crippen molar-refractivity contribution in [1.82, 2.24) is 9.88 Å². The molecule has 2 aromatic rings. The Morgan fingerprint density at radius 3 is 2.39 bits per heavy atom. The van der Waals surface area contributed by atoms with Crippen molar-refractivity contribution < 1.29 is 9.53 Å². The number of aromatic nitrogens is 1. The summed E-state index contributed by atoms with van der Waals surface area (Å²) in [6, 6.07) is 14.4. The number of carbonyl (C=O) groups is 1. The number of amides is 1. The van der Waals surface area contributed by atoms with Crippen molar-refractivity contribution in [3.8, 4) is 11.1 Å². The van der Waals surface area contributed by atoms with Crippen molar-refractivity contribution in [3.63, 3.8) is 0 Å². The third-order valence-corrected chi connectivity index (χ3v) is 3.98. The van der Waals surface area contributed by atoms with Gasteiger partial charge in [-0.1, -0.05) is 30.3 Å². The molecular formula is C18H21N3O2. The van der Waals surface area contributed by atoms with Crippen molar-refractivity contribution in [2.45, 2.75) is 6.92 Å². The lowest BCUT2D eigenvalue weighted by atomic mass is 10.1. The molecule has 0 spiro atoms. The van der Waals surface area contributed by atoms with Gasteiger partial charge >= 0.3 is 6.09 Å². The van der Waals surface area contributed by atoms with Crippen molar-refractivity contribution in [2.24, 2.45) is 0 Å². The van der Waals surface area contributed by atoms with E-state index in [4.69, 9.17) is 4.74 Å². The number of anilines is 1. The SMILES string of the molecule is CCOC(=O)N1CCN(c2ccc(-c3ccccc3)cn2)CC1. The molecule has 1 aromatic carbocycles. The topological polar surface area (TPSA) is 45.7 Å². The van der Waals surface area contributed by atoms with Crippen LogP contribution in [0.4, 0.5) is 10.6 Å². The van der Waals surface area contributed by atoms with Gasteiger partial charge in [-0.05, 0) is 24.6 Å². The lowest BCUT2D eigenvalue weighted by molar-refractivity contribution is 0.105. The lowest BCUT2D eigenvalue weighted by Crippen LogP contribution is -2.49. The molecule has 0 atom stereocenters. The summed E-state index contributed by atoms with van der Waals surface area (Å²) >= 11 is 0. The summed E-state index contributed by atoms with van der Waals surface area (Å²) in [7, 11) is 0. The normalized spacial score (nSPS) is 14.7. The summed E-state index contributed by atoms with van der Waals surface area (Å²) in [5.41, 5.74) is 2.28. The van der Waals surface area contributed by atoms with E-state index in [-0.39, 0.29) is 6.09 Å². The Hall–Kier alpha value is -2.56. The zero-order valence-corrected chi connectivity index (χ0v) is 13.3. The lowest BCUT2D eigenvalue weighted by Gasteiger charge is -2.34. The molecule has 3 rings (SSSR count). The molecule has 0 aliphatic carbocycles. The van der Waals surface area contributed by atoms with Crippen LogP contribution in [-0.2, 0) is 4.74 Å². The predicted octanol–water partition coefficient (Wildman–Crippen LogP) is 3.03. The Morgan fingerprint density at radius 2 is 1.78 bits per heavy atom. The maximum absolute atomic E-state index is 11.7. The van der Waals surface area contributed by atoms with Crippen molar-refractivity contribution in [3.05, 3.63) is 48.7 Å². The van der Waals surface area contributed by atoms with Crippen LogP contribution in [0.15, 0.2) is 48.7 Å². The van der Waals surface area contributed by atoms with Gasteiger partial charge in [-0.15, -0.1) is 0 Å². The number of hydrogen-bond donors (Lipinski definition) is 0. The van der Waals surface area contributed by atoms with Crippen molar-refractivity contribution >= 4 is 11.9 Å². The van der Waals surface area contributed by atoms with E-state index in [1.165, 1.54) is 5.56 Å². The number of nitrogens with zero attached hydrogens (tertiary/aromatic N) is 3. The average Bonchev–Trinajstić information content (AvgIpc) is 2.63. The fourth-order valence-corrected chi connectivity index (χ4v) is 2.71. The van der Waals surface area contributed by atoms with E-state index in [2.05, 4.69) is 28.1 Å². The van der Waals surface area contributed by atoms with E-state index in [1.807, 2.05) is 37.4 Å². The highest BCUT2D eigenvalue weighted by molar-refractivity contribution is 5.68. The zero-order valence-electron chi connectivity index (χ0n) is 13.3. The second-order valence-corrected chi connectivity index (χ2v) is 5.44. The van der Waals surface area contributed by atoms with E-state index >= 15 is 0 Å². The molecule has 0 saturated carbocycles. The highest BCUT2D eigenvalue weighted by Crippen LogP contribution is 2.21. The first-order valence-electron chi connectivity index (χ1n) is 7.96. The highest BCUT2D eigenvalue weighted by atomic mass is 16.6. The maximum atomic E-state index is 11.7. The van der Waals surface area contributed by atoms with Crippen LogP contribution in [0, 0.1) is 0 Å². The van der Waals surface area contributed by atoms with Crippen LogP contribution in [-0.4, -0.2) is 48.8 Å². The summed E-state index contributed by atoms with van der Waals surface area (Å²) in [4.78, 5) is 20.2. The van der Waals surface area contributed by atoms with Crippen LogP contribution < -0.4 is 4.90 Å². The minimum atomic E-state index is -0.223. The van der Waals surface area contributed by atoms with E-state index in [0.29, 0.717) is 19.7 Å². The molecule has 0 unspecified atom stereocenters. The first kappa shape index (κ1) is 15.3. The number of pyridine rings is 1. The third kappa shape index (κ3) is 3.62. The molecule has 1 amide bonds. The maximum Gasteiger partial charge on any atom is 0.409 e. The molecule has 1 saturated heterocycles. The summed E-state index contributed by atoms with van der Waals surface area (Å²) < 4.78 is 5.04. The molecule has 0 radical (unpaired) electrons. The molecule has 0 bridgehead atoms. The van der Waals surface area contributed by atoms with Gasteiger partial charge in [0.05, 0.1) is 6.61 Å². The Labute approximate surface area is 136 Å². The Balaban J connectivity index is 1.62. The Kier molecular flexibility index (Phi) is 4.76. The molecule has 0 N–H and O–H groups in total. The minimum absolute atomic E-state index is 0.223. The summed E-state index contributed by atoms with van der Waals surface area (Å²) in [5.74, 6) is 0.952. The number of ether oxygens (including phenoxy) is 1. The molecule has 1 aliphatic rings. The molecule has 2 heterocycles. The molecule has 5 nitrogen and oxygen atoms in total. The fraction of sp³-hybridized carbons (Fsp3) is 0.333. The first-order chi connectivity index (χ1) is 11.3. The Morgan fingerprint density at radius 1 is 1.04 bits per heavy atom. The smallest absolute Gasteiger partial charge is 0.409 e. The van der Waals surface area contributed by atoms with Crippen molar-refractivity contribution in [2.75, 3.05) is 37.7 Å².